The lowest BCUT2D eigenvalue weighted by atomic mass is 10.2. The molecule has 0 radical (unpaired) electrons. The van der Waals surface area contributed by atoms with Crippen LogP contribution in [0.5, 0.6) is 0 Å². The Bertz CT molecular complexity index is 755. The minimum atomic E-state index is -0.962. The van der Waals surface area contributed by atoms with Gasteiger partial charge in [0.15, 0.2) is 6.61 Å². The van der Waals surface area contributed by atoms with E-state index in [1.165, 1.54) is 17.4 Å². The molecule has 6 nitrogen and oxygen atoms in total. The highest BCUT2D eigenvalue weighted by atomic mass is 35.5. The third kappa shape index (κ3) is 3.69. The first-order chi connectivity index (χ1) is 10.4. The van der Waals surface area contributed by atoms with E-state index in [9.17, 15) is 19.7 Å². The topological polar surface area (TPSA) is 86.5 Å². The number of ketones is 1. The molecule has 0 aliphatic rings. The van der Waals surface area contributed by atoms with Crippen molar-refractivity contribution in [2.45, 2.75) is 6.92 Å². The average molecular weight is 340 g/mol. The zero-order valence-electron chi connectivity index (χ0n) is 11.4. The predicted octanol–water partition coefficient (Wildman–Crippen LogP) is 3.66. The molecule has 2 rings (SSSR count). The molecule has 2 aromatic rings. The van der Waals surface area contributed by atoms with Crippen molar-refractivity contribution in [3.8, 4) is 0 Å². The fraction of sp³-hybridized carbons (Fsp3) is 0.143. The molecular weight excluding hydrogens is 330 g/mol. The molecule has 0 bridgehead atoms. The number of carbonyl (C=O) groups is 2. The third-order valence-electron chi connectivity index (χ3n) is 2.72. The molecule has 1 aromatic carbocycles. The third-order valence-corrected chi connectivity index (χ3v) is 4.00. The van der Waals surface area contributed by atoms with Crippen molar-refractivity contribution in [1.82, 2.24) is 0 Å². The van der Waals surface area contributed by atoms with Crippen molar-refractivity contribution in [3.63, 3.8) is 0 Å². The van der Waals surface area contributed by atoms with Crippen molar-refractivity contribution < 1.29 is 19.2 Å². The molecule has 0 spiro atoms. The van der Waals surface area contributed by atoms with Gasteiger partial charge in [0.1, 0.15) is 5.56 Å². The second-order valence-electron chi connectivity index (χ2n) is 4.33. The molecule has 1 heterocycles. The summed E-state index contributed by atoms with van der Waals surface area (Å²) in [4.78, 5) is 35.4. The maximum atomic E-state index is 11.9. The molecule has 0 aliphatic heterocycles. The lowest BCUT2D eigenvalue weighted by Gasteiger charge is -2.04. The normalized spacial score (nSPS) is 10.3. The number of ether oxygens (including phenoxy) is 1. The molecule has 0 saturated carbocycles. The first-order valence-electron chi connectivity index (χ1n) is 6.09. The number of halogens is 1. The minimum absolute atomic E-state index is 0.165. The summed E-state index contributed by atoms with van der Waals surface area (Å²) in [6, 6.07) is 6.97. The zero-order valence-corrected chi connectivity index (χ0v) is 12.9. The predicted molar refractivity (Wildman–Crippen MR) is 81.8 cm³/mol. The molecule has 114 valence electrons. The van der Waals surface area contributed by atoms with E-state index in [-0.39, 0.29) is 16.4 Å². The Balaban J connectivity index is 2.11. The van der Waals surface area contributed by atoms with Gasteiger partial charge in [-0.3, -0.25) is 14.9 Å². The number of hydrogen-bond acceptors (Lipinski definition) is 6. The lowest BCUT2D eigenvalue weighted by Crippen LogP contribution is -2.14. The molecule has 0 N–H and O–H groups in total. The Hall–Kier alpha value is -2.25. The van der Waals surface area contributed by atoms with Gasteiger partial charge >= 0.3 is 5.97 Å². The highest BCUT2D eigenvalue weighted by Crippen LogP contribution is 2.23. The van der Waals surface area contributed by atoms with Crippen molar-refractivity contribution in [2.24, 2.45) is 0 Å². The molecule has 0 aliphatic carbocycles. The number of carbonyl (C=O) groups excluding carboxylic acids is 2. The van der Waals surface area contributed by atoms with Crippen LogP contribution in [0.15, 0.2) is 30.3 Å². The first-order valence-corrected chi connectivity index (χ1v) is 7.28. The van der Waals surface area contributed by atoms with Crippen molar-refractivity contribution in [1.29, 1.82) is 0 Å². The fourth-order valence-corrected chi connectivity index (χ4v) is 2.66. The first kappa shape index (κ1) is 16.1. The Morgan fingerprint density at radius 1 is 1.32 bits per heavy atom. The minimum Gasteiger partial charge on any atom is -0.453 e. The van der Waals surface area contributed by atoms with E-state index < -0.39 is 23.2 Å². The summed E-state index contributed by atoms with van der Waals surface area (Å²) < 4.78 is 4.85. The zero-order chi connectivity index (χ0) is 16.3. The number of esters is 1. The summed E-state index contributed by atoms with van der Waals surface area (Å²) in [6.07, 6.45) is 0. The van der Waals surface area contributed by atoms with Crippen LogP contribution in [0.25, 0.3) is 0 Å². The number of thiophene rings is 1. The van der Waals surface area contributed by atoms with Gasteiger partial charge in [0.2, 0.25) is 5.78 Å². The molecule has 0 amide bonds. The Morgan fingerprint density at radius 3 is 2.64 bits per heavy atom. The Morgan fingerprint density at radius 2 is 2.05 bits per heavy atom. The molecular formula is C14H10ClNO5S. The van der Waals surface area contributed by atoms with Crippen molar-refractivity contribution in [3.05, 3.63) is 60.8 Å². The van der Waals surface area contributed by atoms with Gasteiger partial charge in [-0.2, -0.15) is 0 Å². The second kappa shape index (κ2) is 6.67. The summed E-state index contributed by atoms with van der Waals surface area (Å²) in [5, 5.41) is 11.1. The summed E-state index contributed by atoms with van der Waals surface area (Å²) in [5.74, 6) is -1.33. The van der Waals surface area contributed by atoms with E-state index in [0.29, 0.717) is 4.88 Å². The molecule has 0 atom stereocenters. The van der Waals surface area contributed by atoms with Crippen molar-refractivity contribution in [2.75, 3.05) is 6.61 Å². The van der Waals surface area contributed by atoms with Crippen LogP contribution >= 0.6 is 22.9 Å². The monoisotopic (exact) mass is 339 g/mol. The molecule has 1 aromatic heterocycles. The van der Waals surface area contributed by atoms with E-state index in [0.717, 1.165) is 17.0 Å². The van der Waals surface area contributed by atoms with E-state index >= 15 is 0 Å². The number of nitro benzene ring substituents is 1. The number of aryl methyl sites for hydroxylation is 1. The van der Waals surface area contributed by atoms with Gasteiger partial charge in [-0.25, -0.2) is 4.79 Å². The quantitative estimate of drug-likeness (QED) is 0.359. The van der Waals surface area contributed by atoms with Crippen LogP contribution in [-0.4, -0.2) is 23.3 Å². The summed E-state index contributed by atoms with van der Waals surface area (Å²) >= 11 is 7.01. The van der Waals surface area contributed by atoms with E-state index in [1.807, 2.05) is 6.92 Å². The Labute approximate surface area is 134 Å². The van der Waals surface area contributed by atoms with Gasteiger partial charge in [0, 0.05) is 16.0 Å². The van der Waals surface area contributed by atoms with Crippen molar-refractivity contribution >= 4 is 40.4 Å². The highest BCUT2D eigenvalue weighted by Gasteiger charge is 2.23. The molecule has 8 heteroatoms. The van der Waals surface area contributed by atoms with Crippen LogP contribution < -0.4 is 0 Å². The average Bonchev–Trinajstić information content (AvgIpc) is 2.90. The number of hydrogen-bond donors (Lipinski definition) is 0. The van der Waals surface area contributed by atoms with Gasteiger partial charge < -0.3 is 4.74 Å². The molecule has 0 fully saturated rings. The van der Waals surface area contributed by atoms with Crippen LogP contribution in [0.4, 0.5) is 5.69 Å². The number of benzene rings is 1. The summed E-state index contributed by atoms with van der Waals surface area (Å²) in [7, 11) is 0. The fourth-order valence-electron chi connectivity index (χ4n) is 1.70. The van der Waals surface area contributed by atoms with E-state index in [1.54, 1.807) is 12.1 Å². The second-order valence-corrected chi connectivity index (χ2v) is 6.05. The standard InChI is InChI=1S/C14H10ClNO5S/c1-8-2-5-13(22-8)12(17)7-21-14(18)10-6-9(15)3-4-11(10)16(19)20/h2-6H,7H2,1H3. The van der Waals surface area contributed by atoms with Crippen LogP contribution in [-0.2, 0) is 4.74 Å². The van der Waals surface area contributed by atoms with Crippen LogP contribution in [0.3, 0.4) is 0 Å². The van der Waals surface area contributed by atoms with E-state index in [4.69, 9.17) is 16.3 Å². The van der Waals surface area contributed by atoms with Crippen LogP contribution in [0.1, 0.15) is 24.9 Å². The summed E-state index contributed by atoms with van der Waals surface area (Å²) in [5.41, 5.74) is -0.707. The number of nitrogens with zero attached hydrogens (tertiary/aromatic N) is 1. The largest absolute Gasteiger partial charge is 0.453 e. The lowest BCUT2D eigenvalue weighted by molar-refractivity contribution is -0.385. The SMILES string of the molecule is Cc1ccc(C(=O)COC(=O)c2cc(Cl)ccc2[N+](=O)[O-])s1. The van der Waals surface area contributed by atoms with Gasteiger partial charge in [-0.15, -0.1) is 11.3 Å². The molecule has 0 saturated heterocycles. The highest BCUT2D eigenvalue weighted by molar-refractivity contribution is 7.14. The smallest absolute Gasteiger partial charge is 0.345 e. The number of Topliss-reactive ketones (excluding diaryl/α,β-unsaturated/α-hetero) is 1. The van der Waals surface area contributed by atoms with E-state index in [2.05, 4.69) is 0 Å². The van der Waals surface area contributed by atoms with Crippen LogP contribution in [0.2, 0.25) is 5.02 Å². The van der Waals surface area contributed by atoms with Gasteiger partial charge in [0.25, 0.3) is 5.69 Å². The van der Waals surface area contributed by atoms with Crippen LogP contribution in [0, 0.1) is 17.0 Å². The Kier molecular flexibility index (Phi) is 4.89. The molecule has 0 unspecified atom stereocenters. The summed E-state index contributed by atoms with van der Waals surface area (Å²) in [6.45, 7) is 1.37. The number of rotatable bonds is 5. The van der Waals surface area contributed by atoms with Gasteiger partial charge in [-0.05, 0) is 31.2 Å². The van der Waals surface area contributed by atoms with Gasteiger partial charge in [0.05, 0.1) is 9.80 Å². The number of nitro groups is 1. The molecule has 22 heavy (non-hydrogen) atoms. The van der Waals surface area contributed by atoms with Gasteiger partial charge in [-0.1, -0.05) is 11.6 Å². The maximum Gasteiger partial charge on any atom is 0.345 e. The maximum absolute atomic E-state index is 11.9.